The Kier molecular flexibility index (Phi) is 2.23. The molecule has 0 spiro atoms. The Morgan fingerprint density at radius 3 is 2.33 bits per heavy atom. The third kappa shape index (κ3) is 1.24. The molecule has 2 aromatic rings. The van der Waals surface area contributed by atoms with Crippen LogP contribution in [0, 0.1) is 0 Å². The third-order valence-electron chi connectivity index (χ3n) is 3.19. The van der Waals surface area contributed by atoms with Crippen LogP contribution in [0.1, 0.15) is 11.1 Å². The molecular formula is C14H10NO3-. The Hall–Kier alpha value is -2.17. The Labute approximate surface area is 104 Å². The van der Waals surface area contributed by atoms with Crippen LogP contribution in [0.4, 0.5) is 5.69 Å². The second-order valence-corrected chi connectivity index (χ2v) is 4.18. The van der Waals surface area contributed by atoms with Crippen molar-refractivity contribution in [1.29, 1.82) is 0 Å². The van der Waals surface area contributed by atoms with E-state index in [1.165, 1.54) is 0 Å². The van der Waals surface area contributed by atoms with Crippen LogP contribution in [0.15, 0.2) is 54.6 Å². The summed E-state index contributed by atoms with van der Waals surface area (Å²) < 4.78 is 0. The molecule has 1 aliphatic rings. The van der Waals surface area contributed by atoms with Crippen LogP contribution in [0.25, 0.3) is 0 Å². The maximum atomic E-state index is 12.9. The van der Waals surface area contributed by atoms with Crippen molar-refractivity contribution in [2.24, 2.45) is 0 Å². The fourth-order valence-electron chi connectivity index (χ4n) is 2.28. The van der Waals surface area contributed by atoms with Crippen molar-refractivity contribution in [1.82, 2.24) is 0 Å². The summed E-state index contributed by atoms with van der Waals surface area (Å²) in [5, 5.41) is 23.1. The Morgan fingerprint density at radius 1 is 1.00 bits per heavy atom. The summed E-state index contributed by atoms with van der Waals surface area (Å²) in [6, 6.07) is 14.8. The molecule has 0 aromatic heterocycles. The van der Waals surface area contributed by atoms with E-state index in [9.17, 15) is 15.1 Å². The maximum Gasteiger partial charge on any atom is 0.249 e. The molecule has 2 aromatic carbocycles. The van der Waals surface area contributed by atoms with Gasteiger partial charge in [-0.25, -0.2) is 0 Å². The number of fused-ring (bicyclic) bond motifs is 1. The van der Waals surface area contributed by atoms with Crippen molar-refractivity contribution in [3.05, 3.63) is 65.7 Å². The Balaban J connectivity index is 2.27. The second-order valence-electron chi connectivity index (χ2n) is 4.18. The monoisotopic (exact) mass is 240 g/mol. The van der Waals surface area contributed by atoms with E-state index in [-0.39, 0.29) is 11.3 Å². The molecule has 1 atom stereocenters. The number of para-hydroxylation sites is 1. The van der Waals surface area contributed by atoms with Gasteiger partial charge >= 0.3 is 0 Å². The van der Waals surface area contributed by atoms with Crippen LogP contribution in [0.2, 0.25) is 0 Å². The smallest absolute Gasteiger partial charge is 0.249 e. The van der Waals surface area contributed by atoms with E-state index < -0.39 is 11.5 Å². The Morgan fingerprint density at radius 2 is 1.61 bits per heavy atom. The predicted molar refractivity (Wildman–Crippen MR) is 62.9 cm³/mol. The third-order valence-corrected chi connectivity index (χ3v) is 3.19. The quantitative estimate of drug-likeness (QED) is 0.757. The number of hydrogen-bond donors (Lipinski definition) is 1. The van der Waals surface area contributed by atoms with Crippen molar-refractivity contribution >= 4 is 11.6 Å². The predicted octanol–water partition coefficient (Wildman–Crippen LogP) is 1.03. The molecule has 1 amide bonds. The average Bonchev–Trinajstić information content (AvgIpc) is 2.64. The highest BCUT2D eigenvalue weighted by molar-refractivity contribution is 6.07. The first kappa shape index (κ1) is 11.0. The van der Waals surface area contributed by atoms with Gasteiger partial charge in [0, 0.05) is 5.60 Å². The number of carbonyl (C=O) groups is 1. The molecule has 0 saturated carbocycles. The molecule has 90 valence electrons. The number of carbonyl (C=O) groups excluding carboxylic acids is 1. The van der Waals surface area contributed by atoms with Crippen LogP contribution in [-0.4, -0.2) is 11.1 Å². The molecular weight excluding hydrogens is 230 g/mol. The first-order chi connectivity index (χ1) is 8.65. The van der Waals surface area contributed by atoms with Crippen molar-refractivity contribution in [2.45, 2.75) is 5.60 Å². The number of amides is 1. The summed E-state index contributed by atoms with van der Waals surface area (Å²) >= 11 is 0. The lowest BCUT2D eigenvalue weighted by molar-refractivity contribution is -0.449. The lowest BCUT2D eigenvalue weighted by Gasteiger charge is -2.34. The lowest BCUT2D eigenvalue weighted by atomic mass is 9.88. The first-order valence-electron chi connectivity index (χ1n) is 5.54. The zero-order chi connectivity index (χ0) is 12.8. The van der Waals surface area contributed by atoms with Crippen molar-refractivity contribution in [3.8, 4) is 0 Å². The molecule has 1 unspecified atom stereocenters. The average molecular weight is 240 g/mol. The van der Waals surface area contributed by atoms with E-state index >= 15 is 0 Å². The second kappa shape index (κ2) is 3.66. The molecule has 18 heavy (non-hydrogen) atoms. The van der Waals surface area contributed by atoms with Gasteiger partial charge in [-0.15, -0.1) is 0 Å². The molecule has 4 nitrogen and oxygen atoms in total. The summed E-state index contributed by atoms with van der Waals surface area (Å²) in [6.07, 6.45) is 0. The number of benzene rings is 2. The van der Waals surface area contributed by atoms with Crippen LogP contribution < -0.4 is 10.2 Å². The largest absolute Gasteiger partial charge is 0.835 e. The summed E-state index contributed by atoms with van der Waals surface area (Å²) in [6.45, 7) is 0. The zero-order valence-corrected chi connectivity index (χ0v) is 9.41. The van der Waals surface area contributed by atoms with Gasteiger partial charge in [-0.2, -0.15) is 5.06 Å². The fourth-order valence-corrected chi connectivity index (χ4v) is 2.28. The summed E-state index contributed by atoms with van der Waals surface area (Å²) in [5.74, 6) is -0.866. The SMILES string of the molecule is O=C1N(O)c2ccccc2C1([O-])c1ccccc1. The van der Waals surface area contributed by atoms with E-state index in [1.54, 1.807) is 54.6 Å². The van der Waals surface area contributed by atoms with E-state index in [0.29, 0.717) is 10.6 Å². The molecule has 1 heterocycles. The molecule has 3 rings (SSSR count). The van der Waals surface area contributed by atoms with E-state index in [0.717, 1.165) is 0 Å². The van der Waals surface area contributed by atoms with Gasteiger partial charge in [0.05, 0.1) is 5.69 Å². The van der Waals surface area contributed by atoms with Gasteiger partial charge in [-0.05, 0) is 17.2 Å². The van der Waals surface area contributed by atoms with Gasteiger partial charge in [-0.3, -0.25) is 10.0 Å². The summed E-state index contributed by atoms with van der Waals surface area (Å²) in [7, 11) is 0. The molecule has 1 aliphatic heterocycles. The van der Waals surface area contributed by atoms with Crippen LogP contribution in [-0.2, 0) is 10.4 Å². The molecule has 4 heteroatoms. The van der Waals surface area contributed by atoms with Crippen LogP contribution in [0.5, 0.6) is 0 Å². The molecule has 0 fully saturated rings. The topological polar surface area (TPSA) is 63.6 Å². The van der Waals surface area contributed by atoms with Gasteiger partial charge < -0.3 is 5.11 Å². The highest BCUT2D eigenvalue weighted by atomic mass is 16.5. The Bertz CT molecular complexity index is 611. The molecule has 0 saturated heterocycles. The first-order valence-corrected chi connectivity index (χ1v) is 5.54. The number of hydroxylamine groups is 1. The maximum absolute atomic E-state index is 12.9. The molecule has 1 N–H and O–H groups in total. The van der Waals surface area contributed by atoms with Crippen LogP contribution in [0.3, 0.4) is 0 Å². The number of hydrogen-bond acceptors (Lipinski definition) is 3. The van der Waals surface area contributed by atoms with Gasteiger partial charge in [0.1, 0.15) is 0 Å². The minimum Gasteiger partial charge on any atom is -0.835 e. The van der Waals surface area contributed by atoms with Crippen molar-refractivity contribution < 1.29 is 15.1 Å². The highest BCUT2D eigenvalue weighted by Gasteiger charge is 2.42. The number of nitrogens with zero attached hydrogens (tertiary/aromatic N) is 1. The molecule has 0 radical (unpaired) electrons. The normalized spacial score (nSPS) is 22.1. The highest BCUT2D eigenvalue weighted by Crippen LogP contribution is 2.41. The lowest BCUT2D eigenvalue weighted by Crippen LogP contribution is -2.50. The molecule has 0 aliphatic carbocycles. The van der Waals surface area contributed by atoms with Gasteiger partial charge in [0.25, 0.3) is 0 Å². The minimum absolute atomic E-state index is 0.251. The fraction of sp³-hybridized carbons (Fsp3) is 0.0714. The summed E-state index contributed by atoms with van der Waals surface area (Å²) in [4.78, 5) is 12.0. The zero-order valence-electron chi connectivity index (χ0n) is 9.41. The van der Waals surface area contributed by atoms with E-state index in [2.05, 4.69) is 0 Å². The van der Waals surface area contributed by atoms with Crippen molar-refractivity contribution in [2.75, 3.05) is 5.06 Å². The van der Waals surface area contributed by atoms with E-state index in [4.69, 9.17) is 0 Å². The number of anilines is 1. The minimum atomic E-state index is -2.06. The van der Waals surface area contributed by atoms with Gasteiger partial charge in [-0.1, -0.05) is 48.5 Å². The van der Waals surface area contributed by atoms with E-state index in [1.807, 2.05) is 0 Å². The van der Waals surface area contributed by atoms with Gasteiger partial charge in [0.15, 0.2) is 0 Å². The molecule has 0 bridgehead atoms. The summed E-state index contributed by atoms with van der Waals surface area (Å²) in [5.41, 5.74) is -1.20. The standard InChI is InChI=1S/C14H10NO3/c16-13-14(17,10-6-2-1-3-7-10)11-8-4-5-9-12(11)15(13)18/h1-9,18H/q-1. The number of rotatable bonds is 1. The van der Waals surface area contributed by atoms with Gasteiger partial charge in [0.2, 0.25) is 5.91 Å². The van der Waals surface area contributed by atoms with Crippen molar-refractivity contribution in [3.63, 3.8) is 0 Å². The van der Waals surface area contributed by atoms with Crippen LogP contribution >= 0.6 is 0 Å².